The van der Waals surface area contributed by atoms with Crippen molar-refractivity contribution in [1.29, 1.82) is 0 Å². The normalized spacial score (nSPS) is 11.6. The molecular formula is C23H29N3O2. The predicted octanol–water partition coefficient (Wildman–Crippen LogP) is 4.19. The van der Waals surface area contributed by atoms with E-state index in [-0.39, 0.29) is 11.3 Å². The van der Waals surface area contributed by atoms with Crippen molar-refractivity contribution in [3.63, 3.8) is 0 Å². The number of nitrogens with one attached hydrogen (secondary N) is 1. The van der Waals surface area contributed by atoms with E-state index in [9.17, 15) is 4.79 Å². The molecule has 28 heavy (non-hydrogen) atoms. The zero-order valence-electron chi connectivity index (χ0n) is 17.2. The number of amides is 1. The molecule has 0 saturated carbocycles. The summed E-state index contributed by atoms with van der Waals surface area (Å²) in [5.74, 6) is 1.98. The molecule has 3 aromatic rings. The summed E-state index contributed by atoms with van der Waals surface area (Å²) in [6.07, 6.45) is 1.67. The Bertz CT molecular complexity index is 937. The van der Waals surface area contributed by atoms with Crippen LogP contribution in [0.3, 0.4) is 0 Å². The summed E-state index contributed by atoms with van der Waals surface area (Å²) in [7, 11) is 1.68. The lowest BCUT2D eigenvalue weighted by atomic mass is 9.96. The summed E-state index contributed by atoms with van der Waals surface area (Å²) in [4.78, 5) is 16.9. The lowest BCUT2D eigenvalue weighted by molar-refractivity contribution is -0.128. The van der Waals surface area contributed by atoms with Crippen LogP contribution in [0.25, 0.3) is 11.0 Å². The maximum atomic E-state index is 12.0. The van der Waals surface area contributed by atoms with Gasteiger partial charge in [-0.25, -0.2) is 4.98 Å². The molecule has 0 atom stereocenters. The molecule has 0 aliphatic rings. The van der Waals surface area contributed by atoms with Gasteiger partial charge in [0.1, 0.15) is 11.6 Å². The number of fused-ring (bicyclic) bond motifs is 1. The highest BCUT2D eigenvalue weighted by molar-refractivity contribution is 5.81. The van der Waals surface area contributed by atoms with E-state index in [2.05, 4.69) is 28.1 Å². The molecular weight excluding hydrogens is 350 g/mol. The molecule has 5 heteroatoms. The van der Waals surface area contributed by atoms with E-state index in [1.165, 1.54) is 5.56 Å². The Balaban J connectivity index is 1.74. The number of ether oxygens (including phenoxy) is 1. The second-order valence-corrected chi connectivity index (χ2v) is 8.06. The Morgan fingerprint density at radius 3 is 2.50 bits per heavy atom. The average Bonchev–Trinajstić information content (AvgIpc) is 3.02. The van der Waals surface area contributed by atoms with Crippen LogP contribution >= 0.6 is 0 Å². The highest BCUT2D eigenvalue weighted by Crippen LogP contribution is 2.20. The molecule has 0 aliphatic heterocycles. The summed E-state index contributed by atoms with van der Waals surface area (Å²) in [6, 6.07) is 16.3. The van der Waals surface area contributed by atoms with Crippen molar-refractivity contribution in [2.45, 2.75) is 40.2 Å². The van der Waals surface area contributed by atoms with Crippen LogP contribution in [0.5, 0.6) is 5.75 Å². The van der Waals surface area contributed by atoms with Crippen LogP contribution in [0.4, 0.5) is 0 Å². The van der Waals surface area contributed by atoms with Crippen molar-refractivity contribution < 1.29 is 9.53 Å². The van der Waals surface area contributed by atoms with E-state index >= 15 is 0 Å². The Kier molecular flexibility index (Phi) is 6.02. The van der Waals surface area contributed by atoms with Crippen LogP contribution in [-0.2, 0) is 17.8 Å². The van der Waals surface area contributed by atoms with Crippen molar-refractivity contribution in [1.82, 2.24) is 14.9 Å². The zero-order chi connectivity index (χ0) is 20.1. The number of aromatic nitrogens is 2. The maximum absolute atomic E-state index is 12.0. The van der Waals surface area contributed by atoms with E-state index in [0.29, 0.717) is 6.54 Å². The molecule has 1 N–H and O–H groups in total. The molecule has 5 nitrogen and oxygen atoms in total. The van der Waals surface area contributed by atoms with Gasteiger partial charge in [-0.3, -0.25) is 4.79 Å². The van der Waals surface area contributed by atoms with Gasteiger partial charge < -0.3 is 14.6 Å². The first-order valence-corrected chi connectivity index (χ1v) is 9.74. The van der Waals surface area contributed by atoms with Gasteiger partial charge in [0.05, 0.1) is 18.1 Å². The average molecular weight is 380 g/mol. The number of para-hydroxylation sites is 2. The fraction of sp³-hybridized carbons (Fsp3) is 0.391. The Morgan fingerprint density at radius 1 is 1.11 bits per heavy atom. The molecule has 0 aliphatic carbocycles. The fourth-order valence-corrected chi connectivity index (χ4v) is 3.12. The molecule has 148 valence electrons. The quantitative estimate of drug-likeness (QED) is 0.626. The highest BCUT2D eigenvalue weighted by atomic mass is 16.5. The van der Waals surface area contributed by atoms with E-state index in [4.69, 9.17) is 9.72 Å². The number of benzene rings is 2. The summed E-state index contributed by atoms with van der Waals surface area (Å²) in [5, 5.41) is 3.02. The number of methoxy groups -OCH3 is 1. The number of hydrogen-bond donors (Lipinski definition) is 1. The van der Waals surface area contributed by atoms with Gasteiger partial charge in [-0.05, 0) is 36.2 Å². The second kappa shape index (κ2) is 8.46. The lowest BCUT2D eigenvalue weighted by Crippen LogP contribution is -2.35. The number of imidazole rings is 1. The van der Waals surface area contributed by atoms with E-state index < -0.39 is 0 Å². The lowest BCUT2D eigenvalue weighted by Gasteiger charge is -2.17. The molecule has 0 unspecified atom stereocenters. The third-order valence-corrected chi connectivity index (χ3v) is 4.78. The Morgan fingerprint density at radius 2 is 1.82 bits per heavy atom. The highest BCUT2D eigenvalue weighted by Gasteiger charge is 2.20. The molecule has 0 bridgehead atoms. The molecule has 0 fully saturated rings. The van der Waals surface area contributed by atoms with Gasteiger partial charge in [0.15, 0.2) is 0 Å². The molecule has 3 rings (SSSR count). The summed E-state index contributed by atoms with van der Waals surface area (Å²) in [6.45, 7) is 7.19. The van der Waals surface area contributed by atoms with Gasteiger partial charge in [0.25, 0.3) is 0 Å². The van der Waals surface area contributed by atoms with Gasteiger partial charge in [-0.15, -0.1) is 0 Å². The second-order valence-electron chi connectivity index (χ2n) is 8.06. The van der Waals surface area contributed by atoms with Crippen LogP contribution in [0.15, 0.2) is 48.5 Å². The van der Waals surface area contributed by atoms with Gasteiger partial charge >= 0.3 is 0 Å². The van der Waals surface area contributed by atoms with Crippen molar-refractivity contribution in [2.24, 2.45) is 5.41 Å². The van der Waals surface area contributed by atoms with Crippen LogP contribution in [-0.4, -0.2) is 29.1 Å². The van der Waals surface area contributed by atoms with Crippen molar-refractivity contribution in [2.75, 3.05) is 13.7 Å². The first-order chi connectivity index (χ1) is 13.4. The van der Waals surface area contributed by atoms with Gasteiger partial charge in [0.2, 0.25) is 5.91 Å². The Hall–Kier alpha value is -2.82. The molecule has 0 spiro atoms. The number of rotatable bonds is 7. The van der Waals surface area contributed by atoms with E-state index in [0.717, 1.165) is 42.0 Å². The maximum Gasteiger partial charge on any atom is 0.225 e. The van der Waals surface area contributed by atoms with Gasteiger partial charge in [0, 0.05) is 24.9 Å². The first-order valence-electron chi connectivity index (χ1n) is 9.74. The number of aryl methyl sites for hydroxylation is 1. The topological polar surface area (TPSA) is 56.1 Å². The first kappa shape index (κ1) is 19.9. The smallest absolute Gasteiger partial charge is 0.225 e. The SMILES string of the molecule is COc1ccc(Cn2c(CCCNC(=O)C(C)(C)C)nc3ccccc32)cc1. The molecule has 2 aromatic carbocycles. The number of carbonyl (C=O) groups excluding carboxylic acids is 1. The third kappa shape index (κ3) is 4.71. The molecule has 0 saturated heterocycles. The number of hydrogen-bond acceptors (Lipinski definition) is 3. The molecule has 0 radical (unpaired) electrons. The predicted molar refractivity (Wildman–Crippen MR) is 113 cm³/mol. The van der Waals surface area contributed by atoms with Crippen molar-refractivity contribution >= 4 is 16.9 Å². The van der Waals surface area contributed by atoms with E-state index in [1.807, 2.05) is 51.1 Å². The molecule has 1 amide bonds. The largest absolute Gasteiger partial charge is 0.497 e. The number of nitrogens with zero attached hydrogens (tertiary/aromatic N) is 2. The standard InChI is InChI=1S/C23H29N3O2/c1-23(2,3)22(27)24-15-7-10-21-25-19-8-5-6-9-20(19)26(21)16-17-11-13-18(28-4)14-12-17/h5-6,8-9,11-14H,7,10,15-16H2,1-4H3,(H,24,27). The summed E-state index contributed by atoms with van der Waals surface area (Å²) in [5.41, 5.74) is 2.98. The fourth-order valence-electron chi connectivity index (χ4n) is 3.12. The monoisotopic (exact) mass is 379 g/mol. The van der Waals surface area contributed by atoms with Crippen molar-refractivity contribution in [3.8, 4) is 5.75 Å². The third-order valence-electron chi connectivity index (χ3n) is 4.78. The molecule has 1 aromatic heterocycles. The van der Waals surface area contributed by atoms with Gasteiger partial charge in [-0.1, -0.05) is 45.0 Å². The van der Waals surface area contributed by atoms with Crippen LogP contribution in [0.2, 0.25) is 0 Å². The minimum Gasteiger partial charge on any atom is -0.497 e. The summed E-state index contributed by atoms with van der Waals surface area (Å²) < 4.78 is 7.52. The van der Waals surface area contributed by atoms with Crippen LogP contribution < -0.4 is 10.1 Å². The molecule has 1 heterocycles. The Labute approximate surface area is 166 Å². The minimum atomic E-state index is -0.360. The zero-order valence-corrected chi connectivity index (χ0v) is 17.2. The van der Waals surface area contributed by atoms with Crippen LogP contribution in [0.1, 0.15) is 38.6 Å². The van der Waals surface area contributed by atoms with Crippen molar-refractivity contribution in [3.05, 3.63) is 59.9 Å². The summed E-state index contributed by atoms with van der Waals surface area (Å²) >= 11 is 0. The minimum absolute atomic E-state index is 0.0826. The van der Waals surface area contributed by atoms with Crippen LogP contribution in [0, 0.1) is 5.41 Å². The van der Waals surface area contributed by atoms with Gasteiger partial charge in [-0.2, -0.15) is 0 Å². The number of carbonyl (C=O) groups is 1. The van der Waals surface area contributed by atoms with E-state index in [1.54, 1.807) is 7.11 Å².